The summed E-state index contributed by atoms with van der Waals surface area (Å²) < 4.78 is 19.1. The van der Waals surface area contributed by atoms with E-state index in [1.54, 1.807) is 59.6 Å². The summed E-state index contributed by atoms with van der Waals surface area (Å²) in [6.45, 7) is 7.44. The zero-order valence-corrected chi connectivity index (χ0v) is 43.4. The molecule has 0 radical (unpaired) electrons. The summed E-state index contributed by atoms with van der Waals surface area (Å²) >= 11 is 6.53. The van der Waals surface area contributed by atoms with E-state index in [0.29, 0.717) is 5.75 Å². The van der Waals surface area contributed by atoms with Crippen LogP contribution in [-0.4, -0.2) is 45.0 Å². The first kappa shape index (κ1) is 48.0. The molecule has 0 aliphatic rings. The Morgan fingerprint density at radius 2 is 0.809 bits per heavy atom. The van der Waals surface area contributed by atoms with Crippen LogP contribution in [0.25, 0.3) is 75.9 Å². The second-order valence-electron chi connectivity index (χ2n) is 15.3. The topological polar surface area (TPSA) is 64.9 Å². The summed E-state index contributed by atoms with van der Waals surface area (Å²) in [5.41, 5.74) is 10.7. The van der Waals surface area contributed by atoms with E-state index in [-0.39, 0.29) is 26.2 Å². The Hall–Kier alpha value is -6.46. The minimum atomic E-state index is 0. The zero-order chi connectivity index (χ0) is 46.3. The van der Waals surface area contributed by atoms with Gasteiger partial charge in [0.2, 0.25) is 0 Å². The largest absolute Gasteiger partial charge is 0.584 e. The molecule has 6 aromatic carbocycles. The van der Waals surface area contributed by atoms with Crippen LogP contribution in [0.4, 0.5) is 0 Å². The standard InChI is InChI=1S/C22H17NO2S2.C21H15NO2S2.2C7H7.Zr/c1-24-20-13-26-11-16(20)22-21(25-2)19(12-27-22)23-17-9-5-3-7-14(17)15-8-4-6-10-18(15)23;1-24-19-12-25-10-15(19)21-20(23)18(11-26-21)22-16-8-4-2-6-13(16)14-7-3-5-9-17(14)22;2*1-7-5-3-2-4-6-7;/h3-13H,1-2H3;2-12,23H,1H3;2*2-6H,1H2;/q;;2*-1;/p+2. The van der Waals surface area contributed by atoms with Crippen LogP contribution in [0.15, 0.2) is 190 Å². The summed E-state index contributed by atoms with van der Waals surface area (Å²) in [7, 11) is 5.36. The Bertz CT molecular complexity index is 3400. The molecule has 0 unspecified atom stereocenters. The number of methoxy groups -OCH3 is 1. The third kappa shape index (κ3) is 9.63. The molecular weight excluding hydrogens is 996 g/mol. The fourth-order valence-electron chi connectivity index (χ4n) is 8.15. The van der Waals surface area contributed by atoms with E-state index in [9.17, 15) is 5.11 Å². The number of hydrogen-bond acceptors (Lipinski definition) is 6. The minimum Gasteiger partial charge on any atom is -0.584 e. The van der Waals surface area contributed by atoms with Crippen LogP contribution in [-0.2, 0) is 26.2 Å². The first-order chi connectivity index (χ1) is 32.9. The molecule has 6 aromatic heterocycles. The van der Waals surface area contributed by atoms with Crippen LogP contribution < -0.4 is 4.74 Å². The summed E-state index contributed by atoms with van der Waals surface area (Å²) in [5, 5.41) is 28.4. The van der Waals surface area contributed by atoms with Crippen LogP contribution in [0.3, 0.4) is 0 Å². The van der Waals surface area contributed by atoms with Crippen molar-refractivity contribution in [2.24, 2.45) is 0 Å². The molecule has 338 valence electrons. The number of aromatic nitrogens is 2. The molecule has 0 aliphatic heterocycles. The van der Waals surface area contributed by atoms with Crippen LogP contribution in [0.2, 0.25) is 0 Å². The van der Waals surface area contributed by atoms with Gasteiger partial charge in [-0.1, -0.05) is 84.9 Å². The van der Waals surface area contributed by atoms with Gasteiger partial charge in [-0.05, 0) is 24.3 Å². The maximum absolute atomic E-state index is 11.1. The molecular formula is C57H48N2O4S4Zr. The van der Waals surface area contributed by atoms with Crippen LogP contribution in [0, 0.1) is 13.8 Å². The molecule has 6 heterocycles. The van der Waals surface area contributed by atoms with E-state index in [1.165, 1.54) is 32.6 Å². The van der Waals surface area contributed by atoms with Crippen molar-refractivity contribution in [1.82, 2.24) is 9.13 Å². The average Bonchev–Trinajstić information content (AvgIpc) is 4.25. The van der Waals surface area contributed by atoms with Gasteiger partial charge in [-0.25, -0.2) is 0 Å². The third-order valence-corrected chi connectivity index (χ3v) is 14.7. The first-order valence-electron chi connectivity index (χ1n) is 21.4. The third-order valence-electron chi connectivity index (χ3n) is 11.3. The molecule has 6 nitrogen and oxygen atoms in total. The molecule has 12 rings (SSSR count). The van der Waals surface area contributed by atoms with E-state index >= 15 is 0 Å². The monoisotopic (exact) mass is 1040 g/mol. The van der Waals surface area contributed by atoms with Crippen molar-refractivity contribution < 1.29 is 45.5 Å². The van der Waals surface area contributed by atoms with Gasteiger partial charge >= 0.3 is 0 Å². The van der Waals surface area contributed by atoms with Crippen molar-refractivity contribution in [2.45, 2.75) is 0 Å². The number of aromatic hydroxyl groups is 3. The number of fused-ring (bicyclic) bond motifs is 6. The quantitative estimate of drug-likeness (QED) is 0.128. The van der Waals surface area contributed by atoms with Crippen LogP contribution >= 0.6 is 45.3 Å². The van der Waals surface area contributed by atoms with E-state index in [2.05, 4.69) is 134 Å². The summed E-state index contributed by atoms with van der Waals surface area (Å²) in [4.78, 5) is 1.99. The first-order valence-corrected chi connectivity index (χ1v) is 25.1. The van der Waals surface area contributed by atoms with Crippen molar-refractivity contribution in [3.63, 3.8) is 0 Å². The molecule has 0 bridgehead atoms. The second-order valence-corrected chi connectivity index (χ2v) is 18.5. The van der Waals surface area contributed by atoms with Gasteiger partial charge in [0.05, 0.1) is 55.4 Å². The van der Waals surface area contributed by atoms with Gasteiger partial charge in [0.15, 0.2) is 25.7 Å². The predicted octanol–water partition coefficient (Wildman–Crippen LogP) is 16.3. The molecule has 0 atom stereocenters. The van der Waals surface area contributed by atoms with E-state index < -0.39 is 0 Å². The molecule has 0 fully saturated rings. The number of aliphatic hydroxyl groups is 2. The van der Waals surface area contributed by atoms with Gasteiger partial charge in [0.25, 0.3) is 11.5 Å². The molecule has 12 aromatic rings. The van der Waals surface area contributed by atoms with Gasteiger partial charge < -0.3 is 28.5 Å². The van der Waals surface area contributed by atoms with Gasteiger partial charge in [-0.2, -0.15) is 49.2 Å². The predicted molar refractivity (Wildman–Crippen MR) is 289 cm³/mol. The summed E-state index contributed by atoms with van der Waals surface area (Å²) in [6.07, 6.45) is 0. The van der Waals surface area contributed by atoms with Crippen molar-refractivity contribution in [3.8, 4) is 55.3 Å². The number of rotatable bonds is 7. The molecule has 0 saturated heterocycles. The molecule has 0 spiro atoms. The van der Waals surface area contributed by atoms with Crippen molar-refractivity contribution >= 4 is 89.0 Å². The van der Waals surface area contributed by atoms with E-state index in [1.807, 2.05) is 96.0 Å². The van der Waals surface area contributed by atoms with Crippen molar-refractivity contribution in [3.05, 3.63) is 215 Å². The molecule has 0 aliphatic carbocycles. The molecule has 3 N–H and O–H groups in total. The Morgan fingerprint density at radius 1 is 0.456 bits per heavy atom. The average molecular weight is 1040 g/mol. The molecule has 68 heavy (non-hydrogen) atoms. The Labute approximate surface area is 431 Å². The number of hydrogen-bond donors (Lipinski definition) is 1. The van der Waals surface area contributed by atoms with Gasteiger partial charge in [0, 0.05) is 69.3 Å². The number of benzene rings is 6. The SMILES string of the molecule is COc1c(-n2c3ccccc3c3ccccc32)csc1-c1cscc1[OH+]C.C[OH+]c1cscc1-c1scc(-n2c3ccccc3c3ccccc32)c1O.[CH2-]c1ccccc1.[CH2-]c1ccccc1.[Zr]. The Morgan fingerprint density at radius 3 is 1.19 bits per heavy atom. The minimum absolute atomic E-state index is 0. The van der Waals surface area contributed by atoms with Gasteiger partial charge in [-0.3, -0.25) is 0 Å². The number of ether oxygens (including phenoxy) is 3. The zero-order valence-electron chi connectivity index (χ0n) is 37.7. The van der Waals surface area contributed by atoms with Crippen molar-refractivity contribution in [1.29, 1.82) is 0 Å². The molecule has 0 amide bonds. The number of para-hydroxylation sites is 4. The maximum Gasteiger partial charge on any atom is 0.274 e. The molecule has 0 saturated carbocycles. The van der Waals surface area contributed by atoms with Gasteiger partial charge in [-0.15, -0.1) is 69.6 Å². The summed E-state index contributed by atoms with van der Waals surface area (Å²) in [5.74, 6) is 3.13. The molecule has 11 heteroatoms. The second kappa shape index (κ2) is 22.1. The van der Waals surface area contributed by atoms with E-state index in [0.717, 1.165) is 71.7 Å². The fraction of sp³-hybridized carbons (Fsp3) is 0.0526. The van der Waals surface area contributed by atoms with E-state index in [4.69, 9.17) is 4.74 Å². The van der Waals surface area contributed by atoms with Crippen molar-refractivity contribution in [2.75, 3.05) is 21.3 Å². The summed E-state index contributed by atoms with van der Waals surface area (Å²) in [6, 6.07) is 53.5. The number of thiophene rings is 4. The maximum atomic E-state index is 11.1. The van der Waals surface area contributed by atoms with Crippen LogP contribution in [0.5, 0.6) is 23.0 Å². The van der Waals surface area contributed by atoms with Crippen LogP contribution in [0.1, 0.15) is 11.1 Å². The van der Waals surface area contributed by atoms with Gasteiger partial charge in [0.1, 0.15) is 16.8 Å². The normalized spacial score (nSPS) is 10.6. The Kier molecular flexibility index (Phi) is 15.6. The Balaban J connectivity index is 0.000000142. The smallest absolute Gasteiger partial charge is 0.274 e. The fourth-order valence-corrected chi connectivity index (χ4v) is 11.9. The number of nitrogens with zero attached hydrogens (tertiary/aromatic N) is 2.